The van der Waals surface area contributed by atoms with Gasteiger partial charge in [-0.3, -0.25) is 9.59 Å². The number of hydrogen-bond donors (Lipinski definition) is 3. The molecule has 0 saturated carbocycles. The fraction of sp³-hybridized carbons (Fsp3) is 0.429. The molecule has 0 unspecified atom stereocenters. The highest BCUT2D eigenvalue weighted by Gasteiger charge is 2.07. The van der Waals surface area contributed by atoms with Crippen molar-refractivity contribution in [2.24, 2.45) is 5.73 Å². The van der Waals surface area contributed by atoms with E-state index in [0.29, 0.717) is 18.7 Å². The first-order valence-electron chi connectivity index (χ1n) is 6.53. The lowest BCUT2D eigenvalue weighted by Crippen LogP contribution is -2.17. The first-order valence-corrected chi connectivity index (χ1v) is 6.53. The third-order valence-corrected chi connectivity index (χ3v) is 2.74. The summed E-state index contributed by atoms with van der Waals surface area (Å²) in [6.07, 6.45) is 1.51. The molecule has 1 aromatic carbocycles. The predicted octanol–water partition coefficient (Wildman–Crippen LogP) is 1.88. The third-order valence-electron chi connectivity index (χ3n) is 2.74. The molecule has 5 nitrogen and oxygen atoms in total. The second-order valence-electron chi connectivity index (χ2n) is 4.21. The number of nitrogens with one attached hydrogen (secondary N) is 2. The van der Waals surface area contributed by atoms with Gasteiger partial charge in [0.15, 0.2) is 0 Å². The maximum Gasteiger partial charge on any atom is 0.225 e. The largest absolute Gasteiger partial charge is 0.330 e. The van der Waals surface area contributed by atoms with Gasteiger partial charge in [0.05, 0.1) is 0 Å². The van der Waals surface area contributed by atoms with Crippen molar-refractivity contribution < 1.29 is 9.59 Å². The van der Waals surface area contributed by atoms with Gasteiger partial charge in [-0.25, -0.2) is 0 Å². The SMILES string of the molecule is CCC(=O)Nc1ccc(CC)c(NC(=O)CCN)c1. The van der Waals surface area contributed by atoms with Crippen molar-refractivity contribution in [3.63, 3.8) is 0 Å². The standard InChI is InChI=1S/C14H21N3O2/c1-3-10-5-6-11(16-13(18)4-2)9-12(10)17-14(19)7-8-15/h5-6,9H,3-4,7-8,15H2,1-2H3,(H,16,18)(H,17,19). The molecule has 0 aliphatic heterocycles. The van der Waals surface area contributed by atoms with E-state index in [0.717, 1.165) is 17.7 Å². The molecular formula is C14H21N3O2. The fourth-order valence-electron chi connectivity index (χ4n) is 1.67. The lowest BCUT2D eigenvalue weighted by Gasteiger charge is -2.12. The topological polar surface area (TPSA) is 84.2 Å². The smallest absolute Gasteiger partial charge is 0.225 e. The van der Waals surface area contributed by atoms with Crippen molar-refractivity contribution in [3.8, 4) is 0 Å². The van der Waals surface area contributed by atoms with E-state index in [9.17, 15) is 9.59 Å². The van der Waals surface area contributed by atoms with Crippen molar-refractivity contribution in [1.29, 1.82) is 0 Å². The number of aryl methyl sites for hydroxylation is 1. The molecule has 0 aromatic heterocycles. The van der Waals surface area contributed by atoms with Gasteiger partial charge < -0.3 is 16.4 Å². The molecule has 5 heteroatoms. The summed E-state index contributed by atoms with van der Waals surface area (Å²) in [7, 11) is 0. The Morgan fingerprint density at radius 1 is 1.16 bits per heavy atom. The van der Waals surface area contributed by atoms with Gasteiger partial charge in [-0.1, -0.05) is 19.9 Å². The van der Waals surface area contributed by atoms with E-state index in [1.165, 1.54) is 0 Å². The molecule has 0 atom stereocenters. The van der Waals surface area contributed by atoms with Crippen LogP contribution >= 0.6 is 0 Å². The first kappa shape index (κ1) is 15.2. The Morgan fingerprint density at radius 3 is 2.47 bits per heavy atom. The molecule has 0 radical (unpaired) electrons. The zero-order chi connectivity index (χ0) is 14.3. The van der Waals surface area contributed by atoms with Crippen molar-refractivity contribution in [2.45, 2.75) is 33.1 Å². The Hall–Kier alpha value is -1.88. The van der Waals surface area contributed by atoms with Crippen molar-refractivity contribution >= 4 is 23.2 Å². The van der Waals surface area contributed by atoms with Gasteiger partial charge in [-0.2, -0.15) is 0 Å². The zero-order valence-corrected chi connectivity index (χ0v) is 11.5. The van der Waals surface area contributed by atoms with Crippen LogP contribution < -0.4 is 16.4 Å². The van der Waals surface area contributed by atoms with Gasteiger partial charge in [0.2, 0.25) is 11.8 Å². The highest BCUT2D eigenvalue weighted by atomic mass is 16.2. The van der Waals surface area contributed by atoms with E-state index in [-0.39, 0.29) is 18.2 Å². The van der Waals surface area contributed by atoms with Gasteiger partial charge in [-0.05, 0) is 24.1 Å². The molecular weight excluding hydrogens is 242 g/mol. The van der Waals surface area contributed by atoms with Crippen LogP contribution in [0.2, 0.25) is 0 Å². The van der Waals surface area contributed by atoms with Gasteiger partial charge in [0.25, 0.3) is 0 Å². The molecule has 4 N–H and O–H groups in total. The maximum atomic E-state index is 11.6. The molecule has 104 valence electrons. The Kier molecular flexibility index (Phi) is 6.02. The summed E-state index contributed by atoms with van der Waals surface area (Å²) in [5, 5.41) is 5.60. The van der Waals surface area contributed by atoms with Crippen LogP contribution in [-0.2, 0) is 16.0 Å². The van der Waals surface area contributed by atoms with Crippen LogP contribution in [0, 0.1) is 0 Å². The van der Waals surface area contributed by atoms with E-state index in [2.05, 4.69) is 10.6 Å². The molecule has 0 fully saturated rings. The number of hydrogen-bond acceptors (Lipinski definition) is 3. The Morgan fingerprint density at radius 2 is 1.89 bits per heavy atom. The van der Waals surface area contributed by atoms with Gasteiger partial charge in [0.1, 0.15) is 0 Å². The number of rotatable bonds is 6. The summed E-state index contributed by atoms with van der Waals surface area (Å²) < 4.78 is 0. The third kappa shape index (κ3) is 4.71. The normalized spacial score (nSPS) is 10.1. The molecule has 0 bridgehead atoms. The Balaban J connectivity index is 2.89. The molecule has 1 rings (SSSR count). The van der Waals surface area contributed by atoms with Crippen LogP contribution in [0.15, 0.2) is 18.2 Å². The van der Waals surface area contributed by atoms with Crippen LogP contribution in [0.3, 0.4) is 0 Å². The highest BCUT2D eigenvalue weighted by molar-refractivity contribution is 5.94. The summed E-state index contributed by atoms with van der Waals surface area (Å²) in [5.74, 6) is -0.167. The van der Waals surface area contributed by atoms with Crippen molar-refractivity contribution in [1.82, 2.24) is 0 Å². The molecule has 0 aliphatic rings. The van der Waals surface area contributed by atoms with E-state index >= 15 is 0 Å². The molecule has 0 saturated heterocycles. The number of carbonyl (C=O) groups is 2. The second kappa shape index (κ2) is 7.53. The van der Waals surface area contributed by atoms with E-state index in [4.69, 9.17) is 5.73 Å². The Labute approximate surface area is 113 Å². The van der Waals surface area contributed by atoms with Crippen LogP contribution in [0.1, 0.15) is 32.3 Å². The monoisotopic (exact) mass is 263 g/mol. The molecule has 0 heterocycles. The minimum absolute atomic E-state index is 0.0523. The maximum absolute atomic E-state index is 11.6. The molecule has 19 heavy (non-hydrogen) atoms. The fourth-order valence-corrected chi connectivity index (χ4v) is 1.67. The quantitative estimate of drug-likeness (QED) is 0.732. The minimum atomic E-state index is -0.115. The highest BCUT2D eigenvalue weighted by Crippen LogP contribution is 2.22. The number of carbonyl (C=O) groups excluding carboxylic acids is 2. The summed E-state index contributed by atoms with van der Waals surface area (Å²) in [4.78, 5) is 22.9. The molecule has 2 amide bonds. The van der Waals surface area contributed by atoms with E-state index in [1.807, 2.05) is 19.1 Å². The van der Waals surface area contributed by atoms with Crippen LogP contribution in [0.5, 0.6) is 0 Å². The average molecular weight is 263 g/mol. The summed E-state index contributed by atoms with van der Waals surface area (Å²) in [6.45, 7) is 4.12. The zero-order valence-electron chi connectivity index (χ0n) is 11.5. The van der Waals surface area contributed by atoms with Crippen LogP contribution in [0.4, 0.5) is 11.4 Å². The van der Waals surface area contributed by atoms with E-state index in [1.54, 1.807) is 13.0 Å². The minimum Gasteiger partial charge on any atom is -0.330 e. The molecule has 0 spiro atoms. The number of benzene rings is 1. The lowest BCUT2D eigenvalue weighted by atomic mass is 10.1. The van der Waals surface area contributed by atoms with Crippen molar-refractivity contribution in [2.75, 3.05) is 17.2 Å². The predicted molar refractivity (Wildman–Crippen MR) is 77.0 cm³/mol. The van der Waals surface area contributed by atoms with Crippen molar-refractivity contribution in [3.05, 3.63) is 23.8 Å². The number of anilines is 2. The van der Waals surface area contributed by atoms with Crippen LogP contribution in [-0.4, -0.2) is 18.4 Å². The first-order chi connectivity index (χ1) is 9.10. The Bertz CT molecular complexity index is 458. The van der Waals surface area contributed by atoms with E-state index < -0.39 is 0 Å². The van der Waals surface area contributed by atoms with Gasteiger partial charge in [0, 0.05) is 30.8 Å². The lowest BCUT2D eigenvalue weighted by molar-refractivity contribution is -0.116. The summed E-state index contributed by atoms with van der Waals surface area (Å²) in [6, 6.07) is 5.52. The van der Waals surface area contributed by atoms with Gasteiger partial charge >= 0.3 is 0 Å². The summed E-state index contributed by atoms with van der Waals surface area (Å²) >= 11 is 0. The van der Waals surface area contributed by atoms with Gasteiger partial charge in [-0.15, -0.1) is 0 Å². The van der Waals surface area contributed by atoms with Crippen LogP contribution in [0.25, 0.3) is 0 Å². The average Bonchev–Trinajstić information content (AvgIpc) is 2.39. The second-order valence-corrected chi connectivity index (χ2v) is 4.21. The molecule has 0 aliphatic carbocycles. The number of amides is 2. The number of nitrogens with two attached hydrogens (primary N) is 1. The summed E-state index contributed by atoms with van der Waals surface area (Å²) in [5.41, 5.74) is 7.80. The molecule has 1 aromatic rings.